The summed E-state index contributed by atoms with van der Waals surface area (Å²) in [5.74, 6) is 0.813. The van der Waals surface area contributed by atoms with Crippen molar-refractivity contribution in [1.29, 1.82) is 0 Å². The number of aromatic nitrogens is 2. The van der Waals surface area contributed by atoms with Crippen molar-refractivity contribution >= 4 is 33.1 Å². The molecule has 1 aromatic heterocycles. The van der Waals surface area contributed by atoms with Crippen molar-refractivity contribution in [3.63, 3.8) is 0 Å². The molecular formula is C15H18BrN3OS. The van der Waals surface area contributed by atoms with Gasteiger partial charge in [-0.2, -0.15) is 5.10 Å². The van der Waals surface area contributed by atoms with Crippen molar-refractivity contribution in [2.24, 2.45) is 12.8 Å². The number of halogens is 1. The molecule has 0 spiro atoms. The first kappa shape index (κ1) is 16.0. The zero-order chi connectivity index (χ0) is 15.4. The van der Waals surface area contributed by atoms with Gasteiger partial charge in [-0.25, -0.2) is 0 Å². The van der Waals surface area contributed by atoms with E-state index in [0.717, 1.165) is 33.6 Å². The number of ether oxygens (including phenoxy) is 1. The van der Waals surface area contributed by atoms with E-state index in [2.05, 4.69) is 28.0 Å². The van der Waals surface area contributed by atoms with Gasteiger partial charge in [-0.05, 0) is 40.0 Å². The monoisotopic (exact) mass is 367 g/mol. The molecule has 112 valence electrons. The average Bonchev–Trinajstić information content (AvgIpc) is 2.72. The van der Waals surface area contributed by atoms with E-state index in [1.807, 2.05) is 36.0 Å². The first-order valence-corrected chi connectivity index (χ1v) is 7.91. The standard InChI is InChI=1S/C15H18BrN3OS/c1-3-12-15(16)13(19(2)18-12)9-20-11-6-4-10(5-7-11)8-14(17)21/h4-7H,3,8-9H2,1-2H3,(H2,17,21). The van der Waals surface area contributed by atoms with Gasteiger partial charge < -0.3 is 10.5 Å². The predicted octanol–water partition coefficient (Wildman–Crippen LogP) is 3.15. The lowest BCUT2D eigenvalue weighted by Crippen LogP contribution is -2.10. The van der Waals surface area contributed by atoms with Crippen molar-refractivity contribution in [2.45, 2.75) is 26.4 Å². The van der Waals surface area contributed by atoms with E-state index >= 15 is 0 Å². The molecule has 0 aliphatic carbocycles. The fraction of sp³-hybridized carbons (Fsp3) is 0.333. The maximum atomic E-state index is 5.82. The molecule has 2 rings (SSSR count). The second kappa shape index (κ2) is 7.04. The highest BCUT2D eigenvalue weighted by Gasteiger charge is 2.12. The Morgan fingerprint density at radius 3 is 2.57 bits per heavy atom. The molecule has 2 aromatic rings. The maximum Gasteiger partial charge on any atom is 0.131 e. The molecule has 0 unspecified atom stereocenters. The molecular weight excluding hydrogens is 350 g/mol. The quantitative estimate of drug-likeness (QED) is 0.796. The molecule has 0 saturated carbocycles. The number of thiocarbonyl (C=S) groups is 1. The van der Waals surface area contributed by atoms with E-state index in [1.54, 1.807) is 0 Å². The summed E-state index contributed by atoms with van der Waals surface area (Å²) in [6.45, 7) is 2.55. The lowest BCUT2D eigenvalue weighted by molar-refractivity contribution is 0.294. The van der Waals surface area contributed by atoms with Gasteiger partial charge in [-0.1, -0.05) is 31.3 Å². The summed E-state index contributed by atoms with van der Waals surface area (Å²) in [5.41, 5.74) is 8.69. The fourth-order valence-electron chi connectivity index (χ4n) is 2.03. The van der Waals surface area contributed by atoms with Gasteiger partial charge in [0.15, 0.2) is 0 Å². The minimum Gasteiger partial charge on any atom is -0.487 e. The Morgan fingerprint density at radius 1 is 1.38 bits per heavy atom. The van der Waals surface area contributed by atoms with E-state index in [-0.39, 0.29) is 0 Å². The topological polar surface area (TPSA) is 53.1 Å². The number of nitrogens with two attached hydrogens (primary N) is 1. The molecule has 6 heteroatoms. The van der Waals surface area contributed by atoms with Crippen LogP contribution < -0.4 is 10.5 Å². The molecule has 4 nitrogen and oxygen atoms in total. The summed E-state index contributed by atoms with van der Waals surface area (Å²) in [5, 5.41) is 4.45. The van der Waals surface area contributed by atoms with Gasteiger partial charge in [0, 0.05) is 13.5 Å². The number of rotatable bonds is 6. The smallest absolute Gasteiger partial charge is 0.131 e. The molecule has 21 heavy (non-hydrogen) atoms. The fourth-order valence-corrected chi connectivity index (χ4v) is 2.93. The number of hydrogen-bond donors (Lipinski definition) is 1. The summed E-state index contributed by atoms with van der Waals surface area (Å²) in [7, 11) is 1.92. The van der Waals surface area contributed by atoms with E-state index in [9.17, 15) is 0 Å². The van der Waals surface area contributed by atoms with E-state index in [0.29, 0.717) is 18.0 Å². The average molecular weight is 368 g/mol. The third-order valence-electron chi connectivity index (χ3n) is 3.18. The molecule has 0 atom stereocenters. The van der Waals surface area contributed by atoms with Crippen LogP contribution >= 0.6 is 28.1 Å². The van der Waals surface area contributed by atoms with E-state index < -0.39 is 0 Å². The molecule has 0 aliphatic rings. The first-order valence-electron chi connectivity index (χ1n) is 6.71. The minimum absolute atomic E-state index is 0.471. The van der Waals surface area contributed by atoms with Crippen LogP contribution in [-0.2, 0) is 26.5 Å². The van der Waals surface area contributed by atoms with Crippen LogP contribution in [-0.4, -0.2) is 14.8 Å². The Hall–Kier alpha value is -1.40. The Kier molecular flexibility index (Phi) is 5.36. The second-order valence-electron chi connectivity index (χ2n) is 4.76. The minimum atomic E-state index is 0.471. The molecule has 1 aromatic carbocycles. The van der Waals surface area contributed by atoms with E-state index in [1.165, 1.54) is 0 Å². The normalized spacial score (nSPS) is 10.6. The van der Waals surface area contributed by atoms with Gasteiger partial charge in [0.25, 0.3) is 0 Å². The lowest BCUT2D eigenvalue weighted by Gasteiger charge is -2.08. The van der Waals surface area contributed by atoms with Crippen molar-refractivity contribution < 1.29 is 4.74 Å². The number of aryl methyl sites for hydroxylation is 2. The molecule has 0 aliphatic heterocycles. The number of hydrogen-bond acceptors (Lipinski definition) is 3. The van der Waals surface area contributed by atoms with Gasteiger partial charge in [-0.15, -0.1) is 0 Å². The van der Waals surface area contributed by atoms with Crippen LogP contribution in [0.1, 0.15) is 23.9 Å². The third-order valence-corrected chi connectivity index (χ3v) is 4.24. The van der Waals surface area contributed by atoms with Gasteiger partial charge in [0.1, 0.15) is 12.4 Å². The Balaban J connectivity index is 2.03. The number of benzene rings is 1. The van der Waals surface area contributed by atoms with Gasteiger partial charge >= 0.3 is 0 Å². The van der Waals surface area contributed by atoms with Gasteiger partial charge in [-0.3, -0.25) is 4.68 Å². The highest BCUT2D eigenvalue weighted by atomic mass is 79.9. The second-order valence-corrected chi connectivity index (χ2v) is 6.08. The predicted molar refractivity (Wildman–Crippen MR) is 91.5 cm³/mol. The van der Waals surface area contributed by atoms with Crippen molar-refractivity contribution in [3.05, 3.63) is 45.7 Å². The summed E-state index contributed by atoms with van der Waals surface area (Å²) >= 11 is 8.48. The van der Waals surface area contributed by atoms with Crippen molar-refractivity contribution in [1.82, 2.24) is 9.78 Å². The van der Waals surface area contributed by atoms with Crippen LogP contribution in [0.3, 0.4) is 0 Å². The van der Waals surface area contributed by atoms with Crippen molar-refractivity contribution in [3.8, 4) is 5.75 Å². The third kappa shape index (κ3) is 4.04. The molecule has 1 heterocycles. The zero-order valence-electron chi connectivity index (χ0n) is 12.1. The van der Waals surface area contributed by atoms with E-state index in [4.69, 9.17) is 22.7 Å². The summed E-state index contributed by atoms with van der Waals surface area (Å²) in [4.78, 5) is 0.495. The van der Waals surface area contributed by atoms with Crippen LogP contribution in [0, 0.1) is 0 Å². The molecule has 0 radical (unpaired) electrons. The van der Waals surface area contributed by atoms with Gasteiger partial charge in [0.05, 0.1) is 20.8 Å². The highest BCUT2D eigenvalue weighted by molar-refractivity contribution is 9.10. The molecule has 0 saturated heterocycles. The Bertz CT molecular complexity index is 637. The first-order chi connectivity index (χ1) is 10.0. The van der Waals surface area contributed by atoms with Crippen molar-refractivity contribution in [2.75, 3.05) is 0 Å². The van der Waals surface area contributed by atoms with Gasteiger partial charge in [0.2, 0.25) is 0 Å². The molecule has 2 N–H and O–H groups in total. The summed E-state index contributed by atoms with van der Waals surface area (Å²) in [6, 6.07) is 7.81. The molecule has 0 fully saturated rings. The lowest BCUT2D eigenvalue weighted by atomic mass is 10.1. The zero-order valence-corrected chi connectivity index (χ0v) is 14.5. The number of nitrogens with zero attached hydrogens (tertiary/aromatic N) is 2. The largest absolute Gasteiger partial charge is 0.487 e. The SMILES string of the molecule is CCc1nn(C)c(COc2ccc(CC(N)=S)cc2)c1Br. The maximum absolute atomic E-state index is 5.82. The Morgan fingerprint density at radius 2 is 2.05 bits per heavy atom. The van der Waals surface area contributed by atoms with Crippen LogP contribution in [0.4, 0.5) is 0 Å². The molecule has 0 amide bonds. The Labute approximate surface area is 138 Å². The van der Waals surface area contributed by atoms with Crippen LogP contribution in [0.5, 0.6) is 5.75 Å². The highest BCUT2D eigenvalue weighted by Crippen LogP contribution is 2.23. The van der Waals surface area contributed by atoms with Crippen LogP contribution in [0.2, 0.25) is 0 Å². The summed E-state index contributed by atoms with van der Waals surface area (Å²) < 4.78 is 8.69. The van der Waals surface area contributed by atoms with Crippen LogP contribution in [0.15, 0.2) is 28.7 Å². The summed E-state index contributed by atoms with van der Waals surface area (Å²) in [6.07, 6.45) is 1.50. The molecule has 0 bridgehead atoms. The van der Waals surface area contributed by atoms with Crippen LogP contribution in [0.25, 0.3) is 0 Å².